The zero-order valence-corrected chi connectivity index (χ0v) is 57.7. The predicted molar refractivity (Wildman–Crippen MR) is 367 cm³/mol. The van der Waals surface area contributed by atoms with E-state index in [-0.39, 0.29) is 25.6 Å². The predicted octanol–water partition coefficient (Wildman–Crippen LogP) is 23.8. The Labute approximate surface area is 527 Å². The molecule has 0 saturated carbocycles. The first-order chi connectivity index (χ1) is 41.5. The quantitative estimate of drug-likeness (QED) is 0.0211. The second-order valence-electron chi connectivity index (χ2n) is 26.0. The van der Waals surface area contributed by atoms with Gasteiger partial charge in [-0.15, -0.1) is 0 Å². The van der Waals surface area contributed by atoms with Crippen LogP contribution in [-0.4, -0.2) is 74.9 Å². The molecule has 498 valence electrons. The molecule has 0 aromatic rings. The zero-order valence-electron chi connectivity index (χ0n) is 56.9. The van der Waals surface area contributed by atoms with E-state index in [0.29, 0.717) is 23.9 Å². The number of allylic oxidation sites excluding steroid dienone is 10. The van der Waals surface area contributed by atoms with E-state index >= 15 is 0 Å². The third-order valence-electron chi connectivity index (χ3n) is 16.3. The van der Waals surface area contributed by atoms with Crippen molar-refractivity contribution in [2.45, 2.75) is 360 Å². The Bertz CT molecular complexity index is 1620. The first kappa shape index (κ1) is 82.7. The number of phosphoric ester groups is 1. The number of hydrogen-bond acceptors (Lipinski definition) is 7. The SMILES string of the molecule is CC/C=C\C/C=C\C/C=C\C/C=C\C/C=C\CCCCCCCCCCCCCCCCCCCC(=O)OC(COC(=O)CCCCCCCCCCCCCCCCCCCCCCCCCCCCCC)COP(=O)(O)OCC[N+](C)(C)C. The van der Waals surface area contributed by atoms with Crippen LogP contribution in [0, 0.1) is 0 Å². The summed E-state index contributed by atoms with van der Waals surface area (Å²) in [6.45, 7) is 4.39. The normalized spacial score (nSPS) is 13.4. The van der Waals surface area contributed by atoms with Gasteiger partial charge in [0.1, 0.15) is 19.8 Å². The van der Waals surface area contributed by atoms with E-state index in [4.69, 9.17) is 18.5 Å². The number of quaternary nitrogens is 1. The number of unbranched alkanes of at least 4 members (excludes halogenated alkanes) is 44. The molecule has 2 unspecified atom stereocenters. The van der Waals surface area contributed by atoms with E-state index in [1.807, 2.05) is 21.1 Å². The third kappa shape index (κ3) is 70.7. The summed E-state index contributed by atoms with van der Waals surface area (Å²) in [6, 6.07) is 0. The van der Waals surface area contributed by atoms with Gasteiger partial charge in [0.15, 0.2) is 6.10 Å². The van der Waals surface area contributed by atoms with Gasteiger partial charge in [-0.3, -0.25) is 18.6 Å². The maximum Gasteiger partial charge on any atom is 0.472 e. The van der Waals surface area contributed by atoms with Gasteiger partial charge in [-0.1, -0.05) is 344 Å². The van der Waals surface area contributed by atoms with Crippen LogP contribution in [-0.2, 0) is 32.7 Å². The molecular formula is C75H141NO8P+. The highest BCUT2D eigenvalue weighted by Crippen LogP contribution is 2.43. The lowest BCUT2D eigenvalue weighted by atomic mass is 10.0. The zero-order chi connectivity index (χ0) is 61.9. The molecule has 1 N–H and O–H groups in total. The molecular weight excluding hydrogens is 1070 g/mol. The molecule has 0 amide bonds. The van der Waals surface area contributed by atoms with E-state index in [1.165, 1.54) is 257 Å². The molecule has 0 saturated heterocycles. The van der Waals surface area contributed by atoms with Crippen molar-refractivity contribution < 1.29 is 42.1 Å². The smallest absolute Gasteiger partial charge is 0.462 e. The van der Waals surface area contributed by atoms with E-state index in [1.54, 1.807) is 0 Å². The number of esters is 2. The van der Waals surface area contributed by atoms with Crippen LogP contribution in [0.25, 0.3) is 0 Å². The second-order valence-corrected chi connectivity index (χ2v) is 27.4. The topological polar surface area (TPSA) is 108 Å². The number of phosphoric acid groups is 1. The van der Waals surface area contributed by atoms with Gasteiger partial charge in [0.25, 0.3) is 0 Å². The van der Waals surface area contributed by atoms with E-state index in [2.05, 4.69) is 74.6 Å². The molecule has 0 aromatic carbocycles. The van der Waals surface area contributed by atoms with Crippen LogP contribution < -0.4 is 0 Å². The first-order valence-corrected chi connectivity index (χ1v) is 38.0. The number of ether oxygens (including phenoxy) is 2. The second kappa shape index (κ2) is 66.1. The summed E-state index contributed by atoms with van der Waals surface area (Å²) in [5.41, 5.74) is 0. The van der Waals surface area contributed by atoms with Crippen molar-refractivity contribution >= 4 is 19.8 Å². The van der Waals surface area contributed by atoms with E-state index < -0.39 is 26.5 Å². The molecule has 2 atom stereocenters. The molecule has 85 heavy (non-hydrogen) atoms. The molecule has 0 aliphatic heterocycles. The lowest BCUT2D eigenvalue weighted by molar-refractivity contribution is -0.870. The Morgan fingerprint density at radius 2 is 0.671 bits per heavy atom. The summed E-state index contributed by atoms with van der Waals surface area (Å²) < 4.78 is 34.8. The average molecular weight is 1220 g/mol. The molecule has 0 aliphatic rings. The number of rotatable bonds is 68. The minimum atomic E-state index is -4.39. The summed E-state index contributed by atoms with van der Waals surface area (Å²) in [5.74, 6) is -0.777. The maximum absolute atomic E-state index is 12.9. The van der Waals surface area contributed by atoms with Gasteiger partial charge in [-0.2, -0.15) is 0 Å². The van der Waals surface area contributed by atoms with Crippen molar-refractivity contribution in [1.29, 1.82) is 0 Å². The fraction of sp³-hybridized carbons (Fsp3) is 0.840. The summed E-state index contributed by atoms with van der Waals surface area (Å²) >= 11 is 0. The summed E-state index contributed by atoms with van der Waals surface area (Å²) in [6.07, 6.45) is 87.7. The largest absolute Gasteiger partial charge is 0.472 e. The molecule has 0 radical (unpaired) electrons. The van der Waals surface area contributed by atoms with Crippen molar-refractivity contribution in [1.82, 2.24) is 0 Å². The maximum atomic E-state index is 12.9. The average Bonchev–Trinajstić information content (AvgIpc) is 3.54. The molecule has 10 heteroatoms. The lowest BCUT2D eigenvalue weighted by Gasteiger charge is -2.24. The Morgan fingerprint density at radius 3 is 1.00 bits per heavy atom. The number of carbonyl (C=O) groups excluding carboxylic acids is 2. The lowest BCUT2D eigenvalue weighted by Crippen LogP contribution is -2.37. The van der Waals surface area contributed by atoms with Crippen LogP contribution in [0.5, 0.6) is 0 Å². The van der Waals surface area contributed by atoms with Crippen molar-refractivity contribution in [3.8, 4) is 0 Å². The molecule has 9 nitrogen and oxygen atoms in total. The molecule has 0 aromatic heterocycles. The highest BCUT2D eigenvalue weighted by Gasteiger charge is 2.27. The number of hydrogen-bond donors (Lipinski definition) is 1. The summed E-state index contributed by atoms with van der Waals surface area (Å²) in [5, 5.41) is 0. The fourth-order valence-corrected chi connectivity index (χ4v) is 11.5. The molecule has 0 fully saturated rings. The van der Waals surface area contributed by atoms with Crippen LogP contribution in [0.15, 0.2) is 60.8 Å². The van der Waals surface area contributed by atoms with Crippen molar-refractivity contribution in [3.05, 3.63) is 60.8 Å². The first-order valence-electron chi connectivity index (χ1n) is 36.5. The number of carbonyl (C=O) groups is 2. The van der Waals surface area contributed by atoms with Crippen molar-refractivity contribution in [3.63, 3.8) is 0 Å². The molecule has 0 spiro atoms. The van der Waals surface area contributed by atoms with Gasteiger partial charge in [0.05, 0.1) is 27.7 Å². The number of nitrogens with zero attached hydrogens (tertiary/aromatic N) is 1. The highest BCUT2D eigenvalue weighted by atomic mass is 31.2. The van der Waals surface area contributed by atoms with Crippen LogP contribution in [0.3, 0.4) is 0 Å². The van der Waals surface area contributed by atoms with Gasteiger partial charge in [0, 0.05) is 12.8 Å². The molecule has 0 bridgehead atoms. The van der Waals surface area contributed by atoms with Gasteiger partial charge in [0.2, 0.25) is 0 Å². The van der Waals surface area contributed by atoms with Crippen molar-refractivity contribution in [2.75, 3.05) is 47.5 Å². The van der Waals surface area contributed by atoms with Gasteiger partial charge < -0.3 is 18.9 Å². The van der Waals surface area contributed by atoms with E-state index in [0.717, 1.165) is 64.2 Å². The molecule has 0 aliphatic carbocycles. The van der Waals surface area contributed by atoms with Crippen LogP contribution >= 0.6 is 7.82 Å². The summed E-state index contributed by atoms with van der Waals surface area (Å²) in [4.78, 5) is 35.9. The minimum absolute atomic E-state index is 0.0334. The minimum Gasteiger partial charge on any atom is -0.462 e. The monoisotopic (exact) mass is 1220 g/mol. The summed E-state index contributed by atoms with van der Waals surface area (Å²) in [7, 11) is 1.49. The van der Waals surface area contributed by atoms with Crippen molar-refractivity contribution in [2.24, 2.45) is 0 Å². The Balaban J connectivity index is 3.98. The fourth-order valence-electron chi connectivity index (χ4n) is 10.8. The molecule has 0 rings (SSSR count). The van der Waals surface area contributed by atoms with Crippen LogP contribution in [0.1, 0.15) is 354 Å². The van der Waals surface area contributed by atoms with Gasteiger partial charge in [-0.25, -0.2) is 4.57 Å². The highest BCUT2D eigenvalue weighted by molar-refractivity contribution is 7.47. The Morgan fingerprint density at radius 1 is 0.376 bits per heavy atom. The van der Waals surface area contributed by atoms with Crippen LogP contribution in [0.2, 0.25) is 0 Å². The standard InChI is InChI=1S/C75H140NO8P/c1-6-8-10-12-14-16-18-20-22-24-26-28-30-32-34-36-37-38-39-40-42-44-46-48-50-52-54-56-58-60-62-64-66-68-75(78)84-73(72-83-85(79,80)82-70-69-76(3,4)5)71-81-74(77)67-65-63-61-59-57-55-53-51-49-47-45-43-41-35-33-31-29-27-25-23-21-19-17-15-13-11-9-7-2/h8,10,14,16,20,22,26,28,32,34,73H,6-7,9,11-13,15,17-19,21,23-25,27,29-31,33,35-72H2,1-5H3/p+1/b10-8-,16-14-,22-20-,28-26-,34-32-. The Hall–Kier alpha value is -2.29. The third-order valence-corrected chi connectivity index (χ3v) is 17.3. The number of likely N-dealkylation sites (N-methyl/N-ethyl adjacent to an activating group) is 1. The van der Waals surface area contributed by atoms with Crippen LogP contribution in [0.4, 0.5) is 0 Å². The van der Waals surface area contributed by atoms with Gasteiger partial charge in [-0.05, 0) is 57.8 Å². The van der Waals surface area contributed by atoms with E-state index in [9.17, 15) is 19.0 Å². The molecule has 0 heterocycles. The van der Waals surface area contributed by atoms with Gasteiger partial charge >= 0.3 is 19.8 Å². The Kier molecular flexibility index (Phi) is 64.4.